The normalized spacial score (nSPS) is 9.45. The number of phenols is 1. The Balaban J connectivity index is 0. The summed E-state index contributed by atoms with van der Waals surface area (Å²) in [6.07, 6.45) is 0. The molecule has 1 aromatic rings. The number of nitrogens with two attached hydrogens (primary N) is 1. The van der Waals surface area contributed by atoms with Crippen LogP contribution in [0.4, 0.5) is 5.69 Å². The maximum Gasteiger partial charge on any atom is 0.317 e. The van der Waals surface area contributed by atoms with Gasteiger partial charge in [0.05, 0.1) is 13.1 Å². The number of hydrogen-bond donors (Lipinski definition) is 4. The van der Waals surface area contributed by atoms with E-state index < -0.39 is 25.0 Å². The van der Waals surface area contributed by atoms with Gasteiger partial charge < -0.3 is 21.1 Å². The van der Waals surface area contributed by atoms with Crippen LogP contribution in [0, 0.1) is 0 Å². The Hall–Kier alpha value is -1.70. The molecule has 0 heterocycles. The molecule has 0 amide bonds. The second kappa shape index (κ2) is 9.24. The first-order chi connectivity index (χ1) is 8.38. The highest BCUT2D eigenvalue weighted by molar-refractivity contribution is 5.85. The zero-order chi connectivity index (χ0) is 13.7. The van der Waals surface area contributed by atoms with Crippen molar-refractivity contribution in [3.8, 4) is 5.75 Å². The Morgan fingerprint density at radius 3 is 2.05 bits per heavy atom. The molecule has 5 N–H and O–H groups in total. The highest BCUT2D eigenvalue weighted by Crippen LogP contribution is 2.21. The summed E-state index contributed by atoms with van der Waals surface area (Å²) in [7, 11) is 0. The van der Waals surface area contributed by atoms with Gasteiger partial charge >= 0.3 is 11.9 Å². The van der Waals surface area contributed by atoms with Crippen molar-refractivity contribution in [2.45, 2.75) is 6.54 Å². The van der Waals surface area contributed by atoms with Crippen molar-refractivity contribution in [1.82, 2.24) is 4.90 Å². The van der Waals surface area contributed by atoms with E-state index in [2.05, 4.69) is 0 Å². The minimum absolute atomic E-state index is 0. The zero-order valence-electron chi connectivity index (χ0n) is 10.4. The Morgan fingerprint density at radius 2 is 1.60 bits per heavy atom. The third-order valence-electron chi connectivity index (χ3n) is 2.22. The second-order valence-corrected chi connectivity index (χ2v) is 3.82. The monoisotopic (exact) mass is 326 g/mol. The first kappa shape index (κ1) is 20.6. The number of phenolic OH excluding ortho intramolecular Hbond substituents is 1. The fourth-order valence-electron chi connectivity index (χ4n) is 1.52. The number of nitrogen functional groups attached to an aromatic ring is 1. The summed E-state index contributed by atoms with van der Waals surface area (Å²) in [5.74, 6) is -2.33. The largest absolute Gasteiger partial charge is 0.508 e. The first-order valence-corrected chi connectivity index (χ1v) is 5.12. The van der Waals surface area contributed by atoms with E-state index in [1.165, 1.54) is 23.1 Å². The van der Waals surface area contributed by atoms with Gasteiger partial charge in [0, 0.05) is 17.8 Å². The summed E-state index contributed by atoms with van der Waals surface area (Å²) in [5.41, 5.74) is 6.34. The number of aromatic hydroxyl groups is 1. The number of hydrogen-bond acceptors (Lipinski definition) is 5. The van der Waals surface area contributed by atoms with Gasteiger partial charge in [-0.15, -0.1) is 24.8 Å². The molecular weight excluding hydrogens is 311 g/mol. The molecular formula is C11H16Cl2N2O5. The molecule has 0 aromatic heterocycles. The lowest BCUT2D eigenvalue weighted by Gasteiger charge is -2.18. The molecule has 0 aliphatic rings. The van der Waals surface area contributed by atoms with E-state index in [-0.39, 0.29) is 37.1 Å². The van der Waals surface area contributed by atoms with E-state index in [0.717, 1.165) is 0 Å². The molecule has 114 valence electrons. The number of carboxylic acids is 2. The number of anilines is 1. The molecule has 1 aromatic carbocycles. The van der Waals surface area contributed by atoms with Gasteiger partial charge in [-0.3, -0.25) is 14.5 Å². The molecule has 0 aliphatic heterocycles. The molecule has 0 unspecified atom stereocenters. The number of benzene rings is 1. The number of carboxylic acid groups (broad SMARTS) is 2. The molecule has 7 nitrogen and oxygen atoms in total. The Kier molecular flexibility index (Phi) is 9.53. The number of nitrogens with zero attached hydrogens (tertiary/aromatic N) is 1. The van der Waals surface area contributed by atoms with Gasteiger partial charge in [0.1, 0.15) is 5.75 Å². The molecule has 0 atom stereocenters. The third-order valence-corrected chi connectivity index (χ3v) is 2.22. The van der Waals surface area contributed by atoms with Crippen LogP contribution in [0.3, 0.4) is 0 Å². The maximum absolute atomic E-state index is 10.6. The first-order valence-electron chi connectivity index (χ1n) is 5.12. The lowest BCUT2D eigenvalue weighted by atomic mass is 10.1. The fraction of sp³-hybridized carbons (Fsp3) is 0.273. The van der Waals surface area contributed by atoms with Crippen LogP contribution in [0.25, 0.3) is 0 Å². The molecule has 9 heteroatoms. The van der Waals surface area contributed by atoms with Crippen LogP contribution >= 0.6 is 24.8 Å². The van der Waals surface area contributed by atoms with Crippen LogP contribution in [0.1, 0.15) is 5.56 Å². The summed E-state index contributed by atoms with van der Waals surface area (Å²) in [5, 5.41) is 26.9. The SMILES string of the molecule is Cl.Cl.Nc1ccc(O)c(CN(CC(=O)O)CC(=O)O)c1. The van der Waals surface area contributed by atoms with E-state index >= 15 is 0 Å². The van der Waals surface area contributed by atoms with Crippen LogP contribution in [0.2, 0.25) is 0 Å². The summed E-state index contributed by atoms with van der Waals surface area (Å²) >= 11 is 0. The van der Waals surface area contributed by atoms with Gasteiger partial charge in [0.2, 0.25) is 0 Å². The van der Waals surface area contributed by atoms with Crippen LogP contribution < -0.4 is 5.73 Å². The highest BCUT2D eigenvalue weighted by atomic mass is 35.5. The van der Waals surface area contributed by atoms with E-state index in [1.54, 1.807) is 0 Å². The molecule has 0 bridgehead atoms. The van der Waals surface area contributed by atoms with E-state index in [9.17, 15) is 14.7 Å². The van der Waals surface area contributed by atoms with Crippen LogP contribution in [-0.2, 0) is 16.1 Å². The van der Waals surface area contributed by atoms with Gasteiger partial charge in [0.15, 0.2) is 0 Å². The van der Waals surface area contributed by atoms with Gasteiger partial charge in [0.25, 0.3) is 0 Å². The average Bonchev–Trinajstić information content (AvgIpc) is 2.21. The molecule has 0 fully saturated rings. The Bertz CT molecular complexity index is 454. The van der Waals surface area contributed by atoms with Crippen molar-refractivity contribution in [2.75, 3.05) is 18.8 Å². The van der Waals surface area contributed by atoms with Gasteiger partial charge in [-0.05, 0) is 18.2 Å². The molecule has 0 radical (unpaired) electrons. The van der Waals surface area contributed by atoms with E-state index in [0.29, 0.717) is 11.3 Å². The molecule has 0 spiro atoms. The molecule has 20 heavy (non-hydrogen) atoms. The number of carbonyl (C=O) groups is 2. The van der Waals surface area contributed by atoms with Crippen LogP contribution in [-0.4, -0.2) is 45.2 Å². The smallest absolute Gasteiger partial charge is 0.317 e. The third kappa shape index (κ3) is 7.03. The predicted molar refractivity (Wildman–Crippen MR) is 77.6 cm³/mol. The Labute approximate surface area is 127 Å². The van der Waals surface area contributed by atoms with Gasteiger partial charge in [-0.2, -0.15) is 0 Å². The number of aliphatic carboxylic acids is 2. The lowest BCUT2D eigenvalue weighted by Crippen LogP contribution is -2.34. The maximum atomic E-state index is 10.6. The summed E-state index contributed by atoms with van der Waals surface area (Å²) in [4.78, 5) is 22.4. The highest BCUT2D eigenvalue weighted by Gasteiger charge is 2.15. The van der Waals surface area contributed by atoms with E-state index in [1.807, 2.05) is 0 Å². The summed E-state index contributed by atoms with van der Waals surface area (Å²) in [6.45, 7) is -0.865. The van der Waals surface area contributed by atoms with Crippen molar-refractivity contribution < 1.29 is 24.9 Å². The summed E-state index contributed by atoms with van der Waals surface area (Å²) < 4.78 is 0. The van der Waals surface area contributed by atoms with E-state index in [4.69, 9.17) is 15.9 Å². The average molecular weight is 327 g/mol. The van der Waals surface area contributed by atoms with Crippen molar-refractivity contribution >= 4 is 42.4 Å². The topological polar surface area (TPSA) is 124 Å². The molecule has 1 rings (SSSR count). The number of halogens is 2. The minimum Gasteiger partial charge on any atom is -0.508 e. The minimum atomic E-state index is -1.14. The quantitative estimate of drug-likeness (QED) is 0.450. The van der Waals surface area contributed by atoms with Gasteiger partial charge in [-0.25, -0.2) is 0 Å². The molecule has 0 aliphatic carbocycles. The standard InChI is InChI=1S/C11H14N2O5.2ClH/c12-8-1-2-9(14)7(3-8)4-13(5-10(15)16)6-11(17)18;;/h1-3,14H,4-6,12H2,(H,15,16)(H,17,18);2*1H. The predicted octanol–water partition coefficient (Wildman–Crippen LogP) is 0.789. The van der Waals surface area contributed by atoms with Crippen molar-refractivity contribution in [1.29, 1.82) is 0 Å². The molecule has 0 saturated carbocycles. The van der Waals surface area contributed by atoms with Crippen LogP contribution in [0.5, 0.6) is 5.75 Å². The lowest BCUT2D eigenvalue weighted by molar-refractivity contribution is -0.142. The van der Waals surface area contributed by atoms with Crippen molar-refractivity contribution in [3.63, 3.8) is 0 Å². The van der Waals surface area contributed by atoms with Crippen molar-refractivity contribution in [3.05, 3.63) is 23.8 Å². The van der Waals surface area contributed by atoms with Crippen molar-refractivity contribution in [2.24, 2.45) is 0 Å². The second-order valence-electron chi connectivity index (χ2n) is 3.82. The van der Waals surface area contributed by atoms with Gasteiger partial charge in [-0.1, -0.05) is 0 Å². The fourth-order valence-corrected chi connectivity index (χ4v) is 1.52. The number of rotatable bonds is 6. The van der Waals surface area contributed by atoms with Crippen LogP contribution in [0.15, 0.2) is 18.2 Å². The zero-order valence-corrected chi connectivity index (χ0v) is 12.0. The molecule has 0 saturated heterocycles. The summed E-state index contributed by atoms with van der Waals surface area (Å²) in [6, 6.07) is 4.36. The Morgan fingerprint density at radius 1 is 1.10 bits per heavy atom.